The van der Waals surface area contributed by atoms with Crippen LogP contribution in [-0.2, 0) is 0 Å². The molecule has 0 spiro atoms. The molecule has 2 aromatic carbocycles. The van der Waals surface area contributed by atoms with E-state index in [-0.39, 0.29) is 11.0 Å². The number of fused-ring (bicyclic) bond motifs is 1. The summed E-state index contributed by atoms with van der Waals surface area (Å²) >= 11 is 6.50. The molecule has 0 radical (unpaired) electrons. The summed E-state index contributed by atoms with van der Waals surface area (Å²) < 4.78 is 13.1. The zero-order valence-corrected chi connectivity index (χ0v) is 11.1. The van der Waals surface area contributed by atoms with Crippen molar-refractivity contribution in [2.45, 2.75) is 0 Å². The van der Waals surface area contributed by atoms with Crippen molar-refractivity contribution in [3.63, 3.8) is 0 Å². The Morgan fingerprint density at radius 1 is 1.05 bits per heavy atom. The van der Waals surface area contributed by atoms with Crippen molar-refractivity contribution < 1.29 is 4.74 Å². The lowest BCUT2D eigenvalue weighted by Gasteiger charge is -2.06. The van der Waals surface area contributed by atoms with Gasteiger partial charge in [-0.25, -0.2) is 0 Å². The van der Waals surface area contributed by atoms with Gasteiger partial charge in [0.1, 0.15) is 5.75 Å². The number of rotatable bonds is 2. The van der Waals surface area contributed by atoms with E-state index in [1.165, 1.54) is 0 Å². The fourth-order valence-corrected chi connectivity index (χ4v) is 2.28. The van der Waals surface area contributed by atoms with E-state index >= 15 is 0 Å². The van der Waals surface area contributed by atoms with Crippen molar-refractivity contribution in [1.82, 2.24) is 8.75 Å². The van der Waals surface area contributed by atoms with Gasteiger partial charge in [-0.1, -0.05) is 48.0 Å². The van der Waals surface area contributed by atoms with Crippen LogP contribution in [0.5, 0.6) is 11.6 Å². The van der Waals surface area contributed by atoms with E-state index in [1.54, 1.807) is 6.07 Å². The Bertz CT molecular complexity index is 799. The summed E-state index contributed by atoms with van der Waals surface area (Å²) in [7, 11) is 0. The summed E-state index contributed by atoms with van der Waals surface area (Å²) in [5.41, 5.74) is -0.506. The zero-order chi connectivity index (χ0) is 13.2. The molecule has 0 aliphatic rings. The molecular weight excluding hydrogens is 284 g/mol. The molecule has 0 aliphatic heterocycles. The maximum Gasteiger partial charge on any atom is 0.283 e. The van der Waals surface area contributed by atoms with Gasteiger partial charge in [-0.15, -0.1) is 4.37 Å². The Morgan fingerprint density at radius 3 is 2.74 bits per heavy atom. The summed E-state index contributed by atoms with van der Waals surface area (Å²) in [4.78, 5) is 11.7. The van der Waals surface area contributed by atoms with Crippen molar-refractivity contribution in [2.75, 3.05) is 0 Å². The van der Waals surface area contributed by atoms with Crippen LogP contribution in [0.3, 0.4) is 0 Å². The molecule has 0 unspecified atom stereocenters. The summed E-state index contributed by atoms with van der Waals surface area (Å²) in [6.07, 6.45) is 0. The molecule has 0 bridgehead atoms. The molecule has 0 amide bonds. The average Bonchev–Trinajstić information content (AvgIpc) is 2.44. The molecule has 6 heteroatoms. The SMILES string of the molecule is O=c1c(Cl)nsnc1Oc1cccc2ccccc12. The minimum atomic E-state index is -0.506. The van der Waals surface area contributed by atoms with Crippen LogP contribution in [0.1, 0.15) is 0 Å². The molecule has 19 heavy (non-hydrogen) atoms. The van der Waals surface area contributed by atoms with Crippen molar-refractivity contribution in [3.05, 3.63) is 57.8 Å². The third kappa shape index (κ3) is 2.30. The zero-order valence-electron chi connectivity index (χ0n) is 9.54. The van der Waals surface area contributed by atoms with Gasteiger partial charge in [-0.2, -0.15) is 4.37 Å². The molecule has 0 N–H and O–H groups in total. The number of hydrogen-bond acceptors (Lipinski definition) is 5. The molecule has 4 nitrogen and oxygen atoms in total. The molecule has 3 aromatic rings. The van der Waals surface area contributed by atoms with E-state index in [9.17, 15) is 4.79 Å². The number of ether oxygens (including phenoxy) is 1. The number of halogens is 1. The predicted octanol–water partition coefficient (Wildman–Crippen LogP) is 3.50. The van der Waals surface area contributed by atoms with Gasteiger partial charge in [-0.05, 0) is 11.5 Å². The van der Waals surface area contributed by atoms with Crippen LogP contribution in [-0.4, -0.2) is 8.75 Å². The highest BCUT2D eigenvalue weighted by atomic mass is 35.5. The Hall–Kier alpha value is -1.98. The van der Waals surface area contributed by atoms with Crippen LogP contribution in [0, 0.1) is 0 Å². The maximum absolute atomic E-state index is 11.7. The van der Waals surface area contributed by atoms with E-state index in [0.717, 1.165) is 22.5 Å². The standard InChI is InChI=1S/C13H7ClN2O2S/c14-12-11(17)13(16-19-15-12)18-10-7-3-5-8-4-1-2-6-9(8)10/h1-7H. The van der Waals surface area contributed by atoms with Gasteiger partial charge < -0.3 is 4.74 Å². The van der Waals surface area contributed by atoms with Crippen molar-refractivity contribution in [1.29, 1.82) is 0 Å². The number of benzene rings is 2. The number of aromatic nitrogens is 2. The van der Waals surface area contributed by atoms with E-state index < -0.39 is 5.43 Å². The first-order chi connectivity index (χ1) is 9.25. The molecular formula is C13H7ClN2O2S. The third-order valence-electron chi connectivity index (χ3n) is 2.58. The lowest BCUT2D eigenvalue weighted by Crippen LogP contribution is -2.07. The van der Waals surface area contributed by atoms with Gasteiger partial charge in [-0.3, -0.25) is 4.79 Å². The number of nitrogens with zero attached hydrogens (tertiary/aromatic N) is 2. The normalized spacial score (nSPS) is 10.6. The smallest absolute Gasteiger partial charge is 0.283 e. The van der Waals surface area contributed by atoms with Crippen molar-refractivity contribution in [2.24, 2.45) is 0 Å². The quantitative estimate of drug-likeness (QED) is 0.725. The monoisotopic (exact) mass is 290 g/mol. The maximum atomic E-state index is 11.7. The lowest BCUT2D eigenvalue weighted by atomic mass is 10.1. The molecule has 3 rings (SSSR count). The first kappa shape index (κ1) is 12.1. The first-order valence-corrected chi connectivity index (χ1v) is 6.54. The molecule has 1 heterocycles. The Balaban J connectivity index is 2.11. The van der Waals surface area contributed by atoms with Crippen molar-refractivity contribution in [3.8, 4) is 11.6 Å². The fourth-order valence-electron chi connectivity index (χ4n) is 1.72. The van der Waals surface area contributed by atoms with Crippen LogP contribution < -0.4 is 10.2 Å². The van der Waals surface area contributed by atoms with Gasteiger partial charge in [0.05, 0.1) is 11.7 Å². The van der Waals surface area contributed by atoms with Crippen LogP contribution in [0.4, 0.5) is 0 Å². The Kier molecular flexibility index (Phi) is 3.15. The first-order valence-electron chi connectivity index (χ1n) is 5.44. The van der Waals surface area contributed by atoms with Crippen LogP contribution in [0.25, 0.3) is 10.8 Å². The van der Waals surface area contributed by atoms with Gasteiger partial charge in [0.25, 0.3) is 11.3 Å². The second-order valence-corrected chi connectivity index (χ2v) is 4.66. The number of hydrogen-bond donors (Lipinski definition) is 0. The molecule has 0 atom stereocenters. The highest BCUT2D eigenvalue weighted by molar-refractivity contribution is 6.99. The van der Waals surface area contributed by atoms with E-state index in [0.29, 0.717) is 5.75 Å². The van der Waals surface area contributed by atoms with Gasteiger partial charge in [0.15, 0.2) is 5.15 Å². The van der Waals surface area contributed by atoms with Crippen molar-refractivity contribution >= 4 is 34.1 Å². The van der Waals surface area contributed by atoms with Gasteiger partial charge in [0.2, 0.25) is 0 Å². The van der Waals surface area contributed by atoms with E-state index in [1.807, 2.05) is 36.4 Å². The lowest BCUT2D eigenvalue weighted by molar-refractivity contribution is 0.467. The minimum Gasteiger partial charge on any atom is -0.434 e. The minimum absolute atomic E-state index is 0.0543. The molecule has 0 fully saturated rings. The topological polar surface area (TPSA) is 52.1 Å². The largest absolute Gasteiger partial charge is 0.434 e. The highest BCUT2D eigenvalue weighted by Gasteiger charge is 2.10. The second kappa shape index (κ2) is 4.95. The summed E-state index contributed by atoms with van der Waals surface area (Å²) in [6, 6.07) is 13.3. The summed E-state index contributed by atoms with van der Waals surface area (Å²) in [5.74, 6) is 0.513. The Labute approximate surface area is 117 Å². The van der Waals surface area contributed by atoms with E-state index in [4.69, 9.17) is 16.3 Å². The van der Waals surface area contributed by atoms with E-state index in [2.05, 4.69) is 8.75 Å². The molecule has 94 valence electrons. The van der Waals surface area contributed by atoms with Crippen LogP contribution in [0.15, 0.2) is 47.3 Å². The average molecular weight is 291 g/mol. The van der Waals surface area contributed by atoms with Gasteiger partial charge >= 0.3 is 0 Å². The predicted molar refractivity (Wildman–Crippen MR) is 75.2 cm³/mol. The molecule has 0 saturated carbocycles. The summed E-state index contributed by atoms with van der Waals surface area (Å²) in [5, 5.41) is 1.80. The second-order valence-electron chi connectivity index (χ2n) is 3.77. The molecule has 0 saturated heterocycles. The van der Waals surface area contributed by atoms with Crippen LogP contribution in [0.2, 0.25) is 5.15 Å². The van der Waals surface area contributed by atoms with Gasteiger partial charge in [0, 0.05) is 5.39 Å². The fraction of sp³-hybridized carbons (Fsp3) is 0. The third-order valence-corrected chi connectivity index (χ3v) is 3.45. The molecule has 0 aliphatic carbocycles. The molecule has 1 aromatic heterocycles. The Morgan fingerprint density at radius 2 is 1.84 bits per heavy atom. The van der Waals surface area contributed by atoms with Crippen LogP contribution >= 0.6 is 23.3 Å². The highest BCUT2D eigenvalue weighted by Crippen LogP contribution is 2.28. The summed E-state index contributed by atoms with van der Waals surface area (Å²) in [6.45, 7) is 0.